The highest BCUT2D eigenvalue weighted by Crippen LogP contribution is 2.17. The molecule has 0 spiro atoms. The monoisotopic (exact) mass is 291 g/mol. The van der Waals surface area contributed by atoms with Gasteiger partial charge in [-0.2, -0.15) is 0 Å². The van der Waals surface area contributed by atoms with Gasteiger partial charge in [-0.15, -0.1) is 0 Å². The highest BCUT2D eigenvalue weighted by Gasteiger charge is 2.13. The Bertz CT molecular complexity index is 729. The van der Waals surface area contributed by atoms with Crippen LogP contribution in [0.2, 0.25) is 0 Å². The molecule has 0 aliphatic rings. The summed E-state index contributed by atoms with van der Waals surface area (Å²) >= 11 is 0. The maximum atomic E-state index is 13.2. The van der Waals surface area contributed by atoms with Crippen molar-refractivity contribution in [3.05, 3.63) is 64.7 Å². The van der Waals surface area contributed by atoms with Crippen molar-refractivity contribution in [3.8, 4) is 0 Å². The van der Waals surface area contributed by atoms with Crippen LogP contribution < -0.4 is 5.32 Å². The number of carboxylic acid groups (broad SMARTS) is 1. The Hall–Kier alpha value is -2.76. The molecule has 2 aromatic rings. The molecular weight excluding hydrogens is 280 g/mol. The SMILES string of the molecule is Cc1cc(C(=O)Nc2ccc(F)c(C(=O)O)c2)ccc1F. The van der Waals surface area contributed by atoms with E-state index in [0.29, 0.717) is 5.56 Å². The summed E-state index contributed by atoms with van der Waals surface area (Å²) < 4.78 is 26.4. The molecule has 2 N–H and O–H groups in total. The van der Waals surface area contributed by atoms with Crippen molar-refractivity contribution in [2.45, 2.75) is 6.92 Å². The van der Waals surface area contributed by atoms with Crippen molar-refractivity contribution in [1.82, 2.24) is 0 Å². The summed E-state index contributed by atoms with van der Waals surface area (Å²) in [5.74, 6) is -3.29. The number of carboxylic acids is 1. The molecule has 21 heavy (non-hydrogen) atoms. The molecule has 1 amide bonds. The number of carbonyl (C=O) groups is 2. The molecule has 0 aliphatic heterocycles. The van der Waals surface area contributed by atoms with Crippen molar-refractivity contribution in [2.24, 2.45) is 0 Å². The zero-order chi connectivity index (χ0) is 15.6. The number of aryl methyl sites for hydroxylation is 1. The van der Waals surface area contributed by atoms with Gasteiger partial charge in [-0.25, -0.2) is 13.6 Å². The minimum Gasteiger partial charge on any atom is -0.478 e. The highest BCUT2D eigenvalue weighted by atomic mass is 19.1. The number of nitrogens with one attached hydrogen (secondary N) is 1. The van der Waals surface area contributed by atoms with E-state index < -0.39 is 29.1 Å². The van der Waals surface area contributed by atoms with Gasteiger partial charge in [0.25, 0.3) is 5.91 Å². The van der Waals surface area contributed by atoms with Crippen molar-refractivity contribution < 1.29 is 23.5 Å². The molecule has 0 unspecified atom stereocenters. The number of anilines is 1. The van der Waals surface area contributed by atoms with Crippen LogP contribution in [0.3, 0.4) is 0 Å². The van der Waals surface area contributed by atoms with Crippen molar-refractivity contribution in [2.75, 3.05) is 5.32 Å². The first-order chi connectivity index (χ1) is 9.88. The Labute approximate surface area is 119 Å². The van der Waals surface area contributed by atoms with Crippen LogP contribution in [-0.4, -0.2) is 17.0 Å². The number of carbonyl (C=O) groups excluding carboxylic acids is 1. The minimum absolute atomic E-state index is 0.140. The molecule has 0 atom stereocenters. The fraction of sp³-hybridized carbons (Fsp3) is 0.0667. The molecule has 6 heteroatoms. The number of benzene rings is 2. The van der Waals surface area contributed by atoms with Crippen LogP contribution in [0.5, 0.6) is 0 Å². The van der Waals surface area contributed by atoms with Gasteiger partial charge in [0, 0.05) is 11.3 Å². The molecular formula is C15H11F2NO3. The number of aromatic carboxylic acids is 1. The summed E-state index contributed by atoms with van der Waals surface area (Å²) in [6, 6.07) is 7.06. The predicted octanol–water partition coefficient (Wildman–Crippen LogP) is 3.22. The molecule has 0 heterocycles. The minimum atomic E-state index is -1.43. The third kappa shape index (κ3) is 3.22. The third-order valence-electron chi connectivity index (χ3n) is 2.87. The summed E-state index contributed by atoms with van der Waals surface area (Å²) in [4.78, 5) is 22.8. The average Bonchev–Trinajstić information content (AvgIpc) is 2.43. The molecule has 4 nitrogen and oxygen atoms in total. The first kappa shape index (κ1) is 14.6. The number of halogens is 2. The fourth-order valence-corrected chi connectivity index (χ4v) is 1.76. The summed E-state index contributed by atoms with van der Waals surface area (Å²) in [6.45, 7) is 1.52. The third-order valence-corrected chi connectivity index (χ3v) is 2.87. The van der Waals surface area contributed by atoms with Crippen molar-refractivity contribution in [3.63, 3.8) is 0 Å². The Morgan fingerprint density at radius 2 is 1.71 bits per heavy atom. The molecule has 0 aromatic heterocycles. The number of amides is 1. The van der Waals surface area contributed by atoms with Gasteiger partial charge in [-0.1, -0.05) is 0 Å². The Morgan fingerprint density at radius 3 is 2.33 bits per heavy atom. The Morgan fingerprint density at radius 1 is 1.05 bits per heavy atom. The van der Waals surface area contributed by atoms with Crippen LogP contribution in [0.1, 0.15) is 26.3 Å². The van der Waals surface area contributed by atoms with Crippen LogP contribution in [0.4, 0.5) is 14.5 Å². The second-order valence-corrected chi connectivity index (χ2v) is 4.42. The molecule has 0 aliphatic carbocycles. The average molecular weight is 291 g/mol. The lowest BCUT2D eigenvalue weighted by Crippen LogP contribution is -2.13. The first-order valence-electron chi connectivity index (χ1n) is 5.99. The quantitative estimate of drug-likeness (QED) is 0.912. The molecule has 0 saturated heterocycles. The van der Waals surface area contributed by atoms with E-state index in [9.17, 15) is 18.4 Å². The summed E-state index contributed by atoms with van der Waals surface area (Å²) in [5.41, 5.74) is 0.131. The zero-order valence-corrected chi connectivity index (χ0v) is 11.0. The lowest BCUT2D eigenvalue weighted by molar-refractivity contribution is 0.0691. The van der Waals surface area contributed by atoms with Gasteiger partial charge in [0.15, 0.2) is 0 Å². The van der Waals surface area contributed by atoms with E-state index in [-0.39, 0.29) is 11.3 Å². The lowest BCUT2D eigenvalue weighted by atomic mass is 10.1. The summed E-state index contributed by atoms with van der Waals surface area (Å²) in [5, 5.41) is 11.2. The van der Waals surface area contributed by atoms with Gasteiger partial charge in [-0.05, 0) is 48.9 Å². The summed E-state index contributed by atoms with van der Waals surface area (Å²) in [7, 11) is 0. The van der Waals surface area contributed by atoms with E-state index in [1.54, 1.807) is 0 Å². The number of hydrogen-bond donors (Lipinski definition) is 2. The molecule has 2 aromatic carbocycles. The maximum Gasteiger partial charge on any atom is 0.338 e. The standard InChI is InChI=1S/C15H11F2NO3/c1-8-6-9(2-4-12(8)16)14(19)18-10-3-5-13(17)11(7-10)15(20)21/h2-7H,1H3,(H,18,19)(H,20,21). The van der Waals surface area contributed by atoms with E-state index in [0.717, 1.165) is 18.2 Å². The van der Waals surface area contributed by atoms with Gasteiger partial charge in [0.05, 0.1) is 5.56 Å². The van der Waals surface area contributed by atoms with E-state index in [2.05, 4.69) is 5.32 Å². The lowest BCUT2D eigenvalue weighted by Gasteiger charge is -2.07. The van der Waals surface area contributed by atoms with Gasteiger partial charge in [0.2, 0.25) is 0 Å². The van der Waals surface area contributed by atoms with E-state index in [1.807, 2.05) is 0 Å². The predicted molar refractivity (Wildman–Crippen MR) is 72.4 cm³/mol. The largest absolute Gasteiger partial charge is 0.478 e. The smallest absolute Gasteiger partial charge is 0.338 e. The molecule has 108 valence electrons. The van der Waals surface area contributed by atoms with Gasteiger partial charge in [-0.3, -0.25) is 4.79 Å². The van der Waals surface area contributed by atoms with Crippen LogP contribution in [0.25, 0.3) is 0 Å². The molecule has 2 rings (SSSR count). The van der Waals surface area contributed by atoms with Crippen molar-refractivity contribution in [1.29, 1.82) is 0 Å². The number of hydrogen-bond acceptors (Lipinski definition) is 2. The van der Waals surface area contributed by atoms with E-state index in [4.69, 9.17) is 5.11 Å². The van der Waals surface area contributed by atoms with E-state index >= 15 is 0 Å². The number of rotatable bonds is 3. The van der Waals surface area contributed by atoms with Gasteiger partial charge < -0.3 is 10.4 Å². The highest BCUT2D eigenvalue weighted by molar-refractivity contribution is 6.04. The normalized spacial score (nSPS) is 10.2. The molecule has 0 bridgehead atoms. The Kier molecular flexibility index (Phi) is 3.98. The molecule has 0 fully saturated rings. The van der Waals surface area contributed by atoms with Crippen LogP contribution in [-0.2, 0) is 0 Å². The van der Waals surface area contributed by atoms with Crippen LogP contribution >= 0.6 is 0 Å². The van der Waals surface area contributed by atoms with E-state index in [1.165, 1.54) is 25.1 Å². The first-order valence-corrected chi connectivity index (χ1v) is 5.99. The zero-order valence-electron chi connectivity index (χ0n) is 11.0. The van der Waals surface area contributed by atoms with Crippen LogP contribution in [0, 0.1) is 18.6 Å². The fourth-order valence-electron chi connectivity index (χ4n) is 1.76. The Balaban J connectivity index is 2.25. The second-order valence-electron chi connectivity index (χ2n) is 4.42. The van der Waals surface area contributed by atoms with Crippen LogP contribution in [0.15, 0.2) is 36.4 Å². The second kappa shape index (κ2) is 5.70. The molecule has 0 saturated carbocycles. The maximum absolute atomic E-state index is 13.2. The van der Waals surface area contributed by atoms with Gasteiger partial charge in [0.1, 0.15) is 11.6 Å². The van der Waals surface area contributed by atoms with Gasteiger partial charge >= 0.3 is 5.97 Å². The molecule has 0 radical (unpaired) electrons. The summed E-state index contributed by atoms with van der Waals surface area (Å²) in [6.07, 6.45) is 0. The topological polar surface area (TPSA) is 66.4 Å². The van der Waals surface area contributed by atoms with Crippen molar-refractivity contribution >= 4 is 17.6 Å².